The summed E-state index contributed by atoms with van der Waals surface area (Å²) >= 11 is 5.45. The summed E-state index contributed by atoms with van der Waals surface area (Å²) in [6.45, 7) is 1.38. The van der Waals surface area contributed by atoms with Gasteiger partial charge in [0.2, 0.25) is 5.24 Å². The number of halogens is 1. The molecule has 1 aromatic rings. The van der Waals surface area contributed by atoms with Crippen LogP contribution in [0.25, 0.3) is 0 Å². The van der Waals surface area contributed by atoms with Gasteiger partial charge in [0.15, 0.2) is 0 Å². The van der Waals surface area contributed by atoms with E-state index in [1.54, 1.807) is 0 Å². The van der Waals surface area contributed by atoms with Crippen LogP contribution in [0.5, 0.6) is 0 Å². The fourth-order valence-electron chi connectivity index (χ4n) is 3.24. The van der Waals surface area contributed by atoms with Gasteiger partial charge in [-0.3, -0.25) is 9.59 Å². The molecule has 1 aliphatic heterocycles. The Morgan fingerprint density at radius 3 is 2.95 bits per heavy atom. The van der Waals surface area contributed by atoms with Crippen LogP contribution in [0.2, 0.25) is 0 Å². The molecule has 1 atom stereocenters. The predicted octanol–water partition coefficient (Wildman–Crippen LogP) is 1.82. The SMILES string of the molecule is O=C(Cl)Cc1cc2c(n(CC3CCCO3)c1=O)CCC2. The van der Waals surface area contributed by atoms with E-state index in [0.717, 1.165) is 44.4 Å². The molecule has 0 aromatic carbocycles. The van der Waals surface area contributed by atoms with Crippen molar-refractivity contribution in [2.24, 2.45) is 0 Å². The number of aryl methyl sites for hydroxylation is 1. The molecular formula is C15H18ClNO3. The highest BCUT2D eigenvalue weighted by molar-refractivity contribution is 6.63. The molecule has 4 nitrogen and oxygen atoms in total. The van der Waals surface area contributed by atoms with Crippen molar-refractivity contribution in [1.82, 2.24) is 4.57 Å². The smallest absolute Gasteiger partial charge is 0.254 e. The van der Waals surface area contributed by atoms with Gasteiger partial charge in [0.05, 0.1) is 19.1 Å². The van der Waals surface area contributed by atoms with Gasteiger partial charge in [0.1, 0.15) is 0 Å². The van der Waals surface area contributed by atoms with Crippen molar-refractivity contribution in [3.8, 4) is 0 Å². The summed E-state index contributed by atoms with van der Waals surface area (Å²) in [7, 11) is 0. The van der Waals surface area contributed by atoms with E-state index in [4.69, 9.17) is 16.3 Å². The minimum atomic E-state index is -0.483. The summed E-state index contributed by atoms with van der Waals surface area (Å²) < 4.78 is 7.47. The van der Waals surface area contributed by atoms with Crippen LogP contribution in [0.1, 0.15) is 36.1 Å². The number of nitrogens with zero attached hydrogens (tertiary/aromatic N) is 1. The van der Waals surface area contributed by atoms with Gasteiger partial charge in [-0.2, -0.15) is 0 Å². The number of hydrogen-bond acceptors (Lipinski definition) is 3. The molecule has 2 heterocycles. The summed E-state index contributed by atoms with van der Waals surface area (Å²) in [5.41, 5.74) is 2.76. The average molecular weight is 296 g/mol. The lowest BCUT2D eigenvalue weighted by atomic mass is 10.1. The van der Waals surface area contributed by atoms with E-state index < -0.39 is 5.24 Å². The van der Waals surface area contributed by atoms with Crippen molar-refractivity contribution in [2.45, 2.75) is 51.2 Å². The molecule has 2 aliphatic rings. The topological polar surface area (TPSA) is 48.3 Å². The van der Waals surface area contributed by atoms with Crippen LogP contribution in [-0.2, 0) is 35.3 Å². The maximum Gasteiger partial charge on any atom is 0.254 e. The summed E-state index contributed by atoms with van der Waals surface area (Å²) in [6.07, 6.45) is 5.18. The van der Waals surface area contributed by atoms with Gasteiger partial charge in [-0.25, -0.2) is 0 Å². The van der Waals surface area contributed by atoms with Crippen LogP contribution in [0.4, 0.5) is 0 Å². The molecule has 1 fully saturated rings. The molecule has 1 saturated heterocycles. The third-order valence-electron chi connectivity index (χ3n) is 4.16. The molecule has 0 radical (unpaired) electrons. The first kappa shape index (κ1) is 13.8. The van der Waals surface area contributed by atoms with Gasteiger partial charge in [-0.1, -0.05) is 0 Å². The zero-order chi connectivity index (χ0) is 14.1. The summed E-state index contributed by atoms with van der Waals surface area (Å²) in [5.74, 6) is 0. The number of carbonyl (C=O) groups is 1. The van der Waals surface area contributed by atoms with E-state index in [-0.39, 0.29) is 18.1 Å². The van der Waals surface area contributed by atoms with E-state index in [9.17, 15) is 9.59 Å². The van der Waals surface area contributed by atoms with Crippen molar-refractivity contribution in [1.29, 1.82) is 0 Å². The molecule has 5 heteroatoms. The van der Waals surface area contributed by atoms with E-state index in [2.05, 4.69) is 0 Å². The molecule has 1 aromatic heterocycles. The largest absolute Gasteiger partial charge is 0.376 e. The van der Waals surface area contributed by atoms with Crippen LogP contribution in [-0.4, -0.2) is 22.5 Å². The second-order valence-electron chi connectivity index (χ2n) is 5.58. The van der Waals surface area contributed by atoms with Gasteiger partial charge in [-0.15, -0.1) is 0 Å². The molecule has 0 N–H and O–H groups in total. The molecular weight excluding hydrogens is 278 g/mol. The van der Waals surface area contributed by atoms with E-state index >= 15 is 0 Å². The number of ether oxygens (including phenoxy) is 1. The molecule has 108 valence electrons. The van der Waals surface area contributed by atoms with Crippen LogP contribution in [0.15, 0.2) is 10.9 Å². The van der Waals surface area contributed by atoms with Gasteiger partial charge in [0, 0.05) is 17.9 Å². The van der Waals surface area contributed by atoms with Gasteiger partial charge in [0.25, 0.3) is 5.56 Å². The quantitative estimate of drug-likeness (QED) is 0.796. The Kier molecular flexibility index (Phi) is 3.94. The fourth-order valence-corrected chi connectivity index (χ4v) is 3.39. The zero-order valence-electron chi connectivity index (χ0n) is 11.4. The van der Waals surface area contributed by atoms with Crippen LogP contribution < -0.4 is 5.56 Å². The number of rotatable bonds is 4. The first-order valence-electron chi connectivity index (χ1n) is 7.19. The highest BCUT2D eigenvalue weighted by atomic mass is 35.5. The van der Waals surface area contributed by atoms with Gasteiger partial charge >= 0.3 is 0 Å². The Bertz CT molecular complexity index is 588. The van der Waals surface area contributed by atoms with Crippen molar-refractivity contribution >= 4 is 16.8 Å². The first-order chi connectivity index (χ1) is 9.65. The van der Waals surface area contributed by atoms with E-state index in [1.165, 1.54) is 5.56 Å². The fraction of sp³-hybridized carbons (Fsp3) is 0.600. The monoisotopic (exact) mass is 295 g/mol. The molecule has 0 spiro atoms. The van der Waals surface area contributed by atoms with Crippen LogP contribution in [0.3, 0.4) is 0 Å². The predicted molar refractivity (Wildman–Crippen MR) is 76.3 cm³/mol. The average Bonchev–Trinajstić information content (AvgIpc) is 3.04. The molecule has 1 unspecified atom stereocenters. The summed E-state index contributed by atoms with van der Waals surface area (Å²) in [4.78, 5) is 23.7. The molecule has 0 bridgehead atoms. The standard InChI is InChI=1S/C15H18ClNO3/c16-14(18)8-11-7-10-3-1-5-13(10)17(15(11)19)9-12-4-2-6-20-12/h7,12H,1-6,8-9H2. The number of pyridine rings is 1. The maximum absolute atomic E-state index is 12.5. The first-order valence-corrected chi connectivity index (χ1v) is 7.57. The number of hydrogen-bond donors (Lipinski definition) is 0. The van der Waals surface area contributed by atoms with Crippen LogP contribution in [0, 0.1) is 0 Å². The molecule has 0 amide bonds. The second-order valence-corrected chi connectivity index (χ2v) is 6.00. The van der Waals surface area contributed by atoms with Crippen molar-refractivity contribution < 1.29 is 9.53 Å². The summed E-state index contributed by atoms with van der Waals surface area (Å²) in [5, 5.41) is -0.483. The highest BCUT2D eigenvalue weighted by Crippen LogP contribution is 2.23. The lowest BCUT2D eigenvalue weighted by Gasteiger charge is -2.17. The third-order valence-corrected chi connectivity index (χ3v) is 4.30. The molecule has 3 rings (SSSR count). The van der Waals surface area contributed by atoms with Crippen molar-refractivity contribution in [3.05, 3.63) is 33.2 Å². The van der Waals surface area contributed by atoms with E-state index in [0.29, 0.717) is 12.1 Å². The Morgan fingerprint density at radius 1 is 1.40 bits per heavy atom. The van der Waals surface area contributed by atoms with Crippen molar-refractivity contribution in [3.63, 3.8) is 0 Å². The van der Waals surface area contributed by atoms with Gasteiger partial charge in [-0.05, 0) is 55.3 Å². The number of aromatic nitrogens is 1. The third kappa shape index (κ3) is 2.67. The lowest BCUT2D eigenvalue weighted by Crippen LogP contribution is -2.31. The zero-order valence-corrected chi connectivity index (χ0v) is 12.1. The Labute approximate surface area is 122 Å². The number of fused-ring (bicyclic) bond motifs is 1. The highest BCUT2D eigenvalue weighted by Gasteiger charge is 2.23. The molecule has 1 aliphatic carbocycles. The van der Waals surface area contributed by atoms with Crippen molar-refractivity contribution in [2.75, 3.05) is 6.61 Å². The molecule has 20 heavy (non-hydrogen) atoms. The summed E-state index contributed by atoms with van der Waals surface area (Å²) in [6, 6.07) is 1.87. The Hall–Kier alpha value is -1.13. The van der Waals surface area contributed by atoms with E-state index in [1.807, 2.05) is 10.6 Å². The Balaban J connectivity index is 1.99. The normalized spacial score (nSPS) is 21.1. The number of carbonyl (C=O) groups excluding carboxylic acids is 1. The minimum Gasteiger partial charge on any atom is -0.376 e. The minimum absolute atomic E-state index is 0.0131. The second kappa shape index (κ2) is 5.70. The maximum atomic E-state index is 12.5. The van der Waals surface area contributed by atoms with Crippen LogP contribution >= 0.6 is 11.6 Å². The van der Waals surface area contributed by atoms with Gasteiger partial charge < -0.3 is 9.30 Å². The lowest BCUT2D eigenvalue weighted by molar-refractivity contribution is -0.111. The molecule has 0 saturated carbocycles. The Morgan fingerprint density at radius 2 is 2.25 bits per heavy atom.